The van der Waals surface area contributed by atoms with Gasteiger partial charge in [0.15, 0.2) is 0 Å². The Labute approximate surface area is 158 Å². The van der Waals surface area contributed by atoms with Crippen molar-refractivity contribution in [3.63, 3.8) is 0 Å². The van der Waals surface area contributed by atoms with Gasteiger partial charge in [-0.15, -0.1) is 0 Å². The first kappa shape index (κ1) is 18.1. The van der Waals surface area contributed by atoms with Crippen LogP contribution in [0, 0.1) is 0 Å². The molecule has 1 saturated heterocycles. The number of carbonyl (C=O) groups is 1. The van der Waals surface area contributed by atoms with E-state index in [1.165, 1.54) is 12.0 Å². The number of amides is 1. The van der Waals surface area contributed by atoms with Gasteiger partial charge in [0, 0.05) is 43.7 Å². The molecule has 0 aliphatic carbocycles. The van der Waals surface area contributed by atoms with Crippen LogP contribution in [-0.2, 0) is 29.0 Å². The minimum absolute atomic E-state index is 0.0304. The van der Waals surface area contributed by atoms with Crippen LogP contribution < -0.4 is 0 Å². The summed E-state index contributed by atoms with van der Waals surface area (Å²) in [7, 11) is 1.70. The summed E-state index contributed by atoms with van der Waals surface area (Å²) in [5, 5.41) is 4.91. The highest BCUT2D eigenvalue weighted by molar-refractivity contribution is 5.94. The predicted molar refractivity (Wildman–Crippen MR) is 97.1 cm³/mol. The second kappa shape index (κ2) is 8.14. The molecule has 0 saturated carbocycles. The van der Waals surface area contributed by atoms with E-state index in [9.17, 15) is 4.79 Å². The fourth-order valence-corrected chi connectivity index (χ4v) is 4.00. The van der Waals surface area contributed by atoms with E-state index in [4.69, 9.17) is 14.6 Å². The number of hydrogen-bond donors (Lipinski definition) is 0. The van der Waals surface area contributed by atoms with Crippen LogP contribution in [0.15, 0.2) is 18.7 Å². The molecule has 1 fully saturated rings. The quantitative estimate of drug-likeness (QED) is 0.796. The molecule has 0 aromatic carbocycles. The van der Waals surface area contributed by atoms with E-state index in [1.54, 1.807) is 19.5 Å². The summed E-state index contributed by atoms with van der Waals surface area (Å²) >= 11 is 0. The lowest BCUT2D eigenvalue weighted by atomic mass is 9.95. The summed E-state index contributed by atoms with van der Waals surface area (Å²) in [6.45, 7) is 3.32. The molecule has 2 aliphatic rings. The number of rotatable bonds is 5. The number of hydrogen-bond acceptors (Lipinski definition) is 6. The van der Waals surface area contributed by atoms with Gasteiger partial charge in [-0.3, -0.25) is 9.48 Å². The van der Waals surface area contributed by atoms with Crippen LogP contribution in [0.3, 0.4) is 0 Å². The first-order valence-electron chi connectivity index (χ1n) is 9.50. The van der Waals surface area contributed by atoms with Crippen molar-refractivity contribution in [2.24, 2.45) is 0 Å². The first-order valence-corrected chi connectivity index (χ1v) is 9.50. The average molecular weight is 371 g/mol. The van der Waals surface area contributed by atoms with Crippen molar-refractivity contribution in [1.29, 1.82) is 0 Å². The second-order valence-corrected chi connectivity index (χ2v) is 6.97. The molecule has 2 aliphatic heterocycles. The van der Waals surface area contributed by atoms with Crippen molar-refractivity contribution < 1.29 is 14.3 Å². The Kier molecular flexibility index (Phi) is 5.45. The molecule has 2 aromatic rings. The van der Waals surface area contributed by atoms with E-state index < -0.39 is 0 Å². The molecule has 0 bridgehead atoms. The molecule has 144 valence electrons. The molecule has 1 amide bonds. The number of carbonyl (C=O) groups excluding carboxylic acids is 1. The monoisotopic (exact) mass is 371 g/mol. The van der Waals surface area contributed by atoms with Gasteiger partial charge < -0.3 is 14.4 Å². The first-order chi connectivity index (χ1) is 13.3. The van der Waals surface area contributed by atoms with Crippen molar-refractivity contribution in [3.8, 4) is 0 Å². The second-order valence-electron chi connectivity index (χ2n) is 6.97. The maximum atomic E-state index is 13.1. The molecule has 1 unspecified atom stereocenters. The molecule has 27 heavy (non-hydrogen) atoms. The normalized spacial score (nSPS) is 19.7. The SMILES string of the molecule is COCCn1nc(C2CCCCN2C(=O)c2cncnc2)c2c1CCOC2. The molecule has 4 heterocycles. The Morgan fingerprint density at radius 2 is 2.19 bits per heavy atom. The zero-order valence-corrected chi connectivity index (χ0v) is 15.6. The van der Waals surface area contributed by atoms with E-state index >= 15 is 0 Å². The summed E-state index contributed by atoms with van der Waals surface area (Å²) in [4.78, 5) is 23.0. The summed E-state index contributed by atoms with van der Waals surface area (Å²) in [6, 6.07) is -0.0364. The Morgan fingerprint density at radius 3 is 3.00 bits per heavy atom. The molecule has 0 spiro atoms. The molecule has 1 atom stereocenters. The van der Waals surface area contributed by atoms with Gasteiger partial charge in [-0.2, -0.15) is 5.10 Å². The van der Waals surface area contributed by atoms with Gasteiger partial charge in [0.1, 0.15) is 6.33 Å². The van der Waals surface area contributed by atoms with Crippen LogP contribution in [-0.4, -0.2) is 57.4 Å². The van der Waals surface area contributed by atoms with E-state index in [2.05, 4.69) is 9.97 Å². The van der Waals surface area contributed by atoms with Crippen LogP contribution in [0.4, 0.5) is 0 Å². The molecule has 0 radical (unpaired) electrons. The fourth-order valence-electron chi connectivity index (χ4n) is 4.00. The molecule has 2 aromatic heterocycles. The highest BCUT2D eigenvalue weighted by Gasteiger charge is 2.34. The number of aromatic nitrogens is 4. The molecular formula is C19H25N5O3. The minimum Gasteiger partial charge on any atom is -0.383 e. The van der Waals surface area contributed by atoms with Crippen LogP contribution in [0.5, 0.6) is 0 Å². The summed E-state index contributed by atoms with van der Waals surface area (Å²) < 4.78 is 13.0. The third kappa shape index (κ3) is 3.59. The fraction of sp³-hybridized carbons (Fsp3) is 0.579. The van der Waals surface area contributed by atoms with Gasteiger partial charge in [-0.1, -0.05) is 0 Å². The molecule has 8 nitrogen and oxygen atoms in total. The van der Waals surface area contributed by atoms with Crippen molar-refractivity contribution in [3.05, 3.63) is 41.2 Å². The Hall–Kier alpha value is -2.32. The average Bonchev–Trinajstić information content (AvgIpc) is 3.11. The predicted octanol–water partition coefficient (Wildman–Crippen LogP) is 1.76. The van der Waals surface area contributed by atoms with E-state index in [0.29, 0.717) is 31.9 Å². The van der Waals surface area contributed by atoms with Crippen LogP contribution >= 0.6 is 0 Å². The minimum atomic E-state index is -0.0364. The zero-order valence-electron chi connectivity index (χ0n) is 15.6. The van der Waals surface area contributed by atoms with Gasteiger partial charge in [0.05, 0.1) is 43.7 Å². The Balaban J connectivity index is 1.67. The van der Waals surface area contributed by atoms with Gasteiger partial charge in [0.2, 0.25) is 0 Å². The van der Waals surface area contributed by atoms with Crippen molar-refractivity contribution in [2.45, 2.75) is 44.9 Å². The third-order valence-electron chi connectivity index (χ3n) is 5.32. The molecular weight excluding hydrogens is 346 g/mol. The highest BCUT2D eigenvalue weighted by Crippen LogP contribution is 2.35. The number of piperidine rings is 1. The lowest BCUT2D eigenvalue weighted by Gasteiger charge is -2.35. The number of methoxy groups -OCH3 is 1. The molecule has 0 N–H and O–H groups in total. The molecule has 4 rings (SSSR count). The van der Waals surface area contributed by atoms with Gasteiger partial charge in [-0.05, 0) is 19.3 Å². The Morgan fingerprint density at radius 1 is 1.33 bits per heavy atom. The highest BCUT2D eigenvalue weighted by atomic mass is 16.5. The van der Waals surface area contributed by atoms with Crippen molar-refractivity contribution >= 4 is 5.91 Å². The summed E-state index contributed by atoms with van der Waals surface area (Å²) in [5.41, 5.74) is 3.86. The van der Waals surface area contributed by atoms with Crippen molar-refractivity contribution in [2.75, 3.05) is 26.9 Å². The third-order valence-corrected chi connectivity index (χ3v) is 5.32. The maximum Gasteiger partial charge on any atom is 0.257 e. The largest absolute Gasteiger partial charge is 0.383 e. The lowest BCUT2D eigenvalue weighted by molar-refractivity contribution is 0.0595. The van der Waals surface area contributed by atoms with Gasteiger partial charge in [-0.25, -0.2) is 9.97 Å². The molecule has 8 heteroatoms. The van der Waals surface area contributed by atoms with E-state index in [1.807, 2.05) is 9.58 Å². The summed E-state index contributed by atoms with van der Waals surface area (Å²) in [6.07, 6.45) is 8.44. The smallest absolute Gasteiger partial charge is 0.257 e. The standard InChI is InChI=1S/C19H25N5O3/c1-26-9-7-24-16-5-8-27-12-15(16)18(22-24)17-4-2-3-6-23(17)19(25)14-10-20-13-21-11-14/h10-11,13,17H,2-9,12H2,1H3. The number of ether oxygens (including phenoxy) is 2. The number of nitrogens with zero attached hydrogens (tertiary/aromatic N) is 5. The van der Waals surface area contributed by atoms with Crippen LogP contribution in [0.1, 0.15) is 52.6 Å². The zero-order chi connectivity index (χ0) is 18.6. The van der Waals surface area contributed by atoms with Crippen LogP contribution in [0.2, 0.25) is 0 Å². The van der Waals surface area contributed by atoms with E-state index in [-0.39, 0.29) is 11.9 Å². The van der Waals surface area contributed by atoms with E-state index in [0.717, 1.165) is 43.5 Å². The number of likely N-dealkylation sites (tertiary alicyclic amines) is 1. The maximum absolute atomic E-state index is 13.1. The number of fused-ring (bicyclic) bond motifs is 1. The summed E-state index contributed by atoms with van der Waals surface area (Å²) in [5.74, 6) is -0.0304. The van der Waals surface area contributed by atoms with Crippen molar-refractivity contribution in [1.82, 2.24) is 24.6 Å². The van der Waals surface area contributed by atoms with Gasteiger partial charge in [0.25, 0.3) is 5.91 Å². The van der Waals surface area contributed by atoms with Gasteiger partial charge >= 0.3 is 0 Å². The van der Waals surface area contributed by atoms with Crippen LogP contribution in [0.25, 0.3) is 0 Å². The lowest BCUT2D eigenvalue weighted by Crippen LogP contribution is -2.39. The topological polar surface area (TPSA) is 82.4 Å². The Bertz CT molecular complexity index is 792.